The molecule has 0 aromatic heterocycles. The molecule has 4 aliphatic carbocycles. The minimum atomic E-state index is 0.501. The molecule has 4 rings (SSSR count). The Morgan fingerprint density at radius 3 is 2.65 bits per heavy atom. The van der Waals surface area contributed by atoms with E-state index in [2.05, 4.69) is 13.8 Å². The van der Waals surface area contributed by atoms with E-state index in [4.69, 9.17) is 0 Å². The minimum Gasteiger partial charge on any atom is -0.300 e. The van der Waals surface area contributed by atoms with E-state index in [1.807, 2.05) is 0 Å². The molecule has 0 N–H and O–H groups in total. The summed E-state index contributed by atoms with van der Waals surface area (Å²) in [6, 6.07) is 0. The van der Waals surface area contributed by atoms with Gasteiger partial charge in [-0.1, -0.05) is 20.3 Å². The second-order valence-corrected chi connectivity index (χ2v) is 8.98. The van der Waals surface area contributed by atoms with Gasteiger partial charge in [0, 0.05) is 12.8 Å². The first-order valence-corrected chi connectivity index (χ1v) is 9.05. The summed E-state index contributed by atoms with van der Waals surface area (Å²) in [7, 11) is 0. The Hall–Kier alpha value is -0.330. The molecule has 0 heterocycles. The molecule has 4 aliphatic rings. The van der Waals surface area contributed by atoms with Crippen molar-refractivity contribution in [3.63, 3.8) is 0 Å². The molecule has 6 atom stereocenters. The van der Waals surface area contributed by atoms with Crippen LogP contribution in [0, 0.1) is 34.5 Å². The van der Waals surface area contributed by atoms with Gasteiger partial charge in [-0.15, -0.1) is 0 Å². The number of hydrogen-bond donors (Lipinski definition) is 0. The molecule has 0 bridgehead atoms. The largest absolute Gasteiger partial charge is 0.300 e. The highest BCUT2D eigenvalue weighted by Gasteiger charge is 2.57. The van der Waals surface area contributed by atoms with Crippen molar-refractivity contribution < 1.29 is 4.79 Å². The van der Waals surface area contributed by atoms with E-state index in [-0.39, 0.29) is 0 Å². The average molecular weight is 274 g/mol. The van der Waals surface area contributed by atoms with Crippen molar-refractivity contribution in [2.75, 3.05) is 0 Å². The molecular formula is C19H30O. The first-order valence-electron chi connectivity index (χ1n) is 9.05. The topological polar surface area (TPSA) is 17.1 Å². The predicted molar refractivity (Wildman–Crippen MR) is 81.4 cm³/mol. The van der Waals surface area contributed by atoms with Crippen LogP contribution in [0.1, 0.15) is 78.1 Å². The first kappa shape index (κ1) is 13.3. The monoisotopic (exact) mass is 274 g/mol. The number of carbonyl (C=O) groups is 1. The summed E-state index contributed by atoms with van der Waals surface area (Å²) < 4.78 is 0. The highest BCUT2D eigenvalue weighted by atomic mass is 16.1. The third kappa shape index (κ3) is 1.70. The summed E-state index contributed by atoms with van der Waals surface area (Å²) >= 11 is 0. The van der Waals surface area contributed by atoms with Gasteiger partial charge in [0.25, 0.3) is 0 Å². The maximum Gasteiger partial charge on any atom is 0.133 e. The molecule has 20 heavy (non-hydrogen) atoms. The van der Waals surface area contributed by atoms with E-state index in [0.29, 0.717) is 16.6 Å². The van der Waals surface area contributed by atoms with Crippen molar-refractivity contribution in [3.8, 4) is 0 Å². The number of hydrogen-bond acceptors (Lipinski definition) is 1. The van der Waals surface area contributed by atoms with Crippen LogP contribution < -0.4 is 0 Å². The Balaban J connectivity index is 1.64. The number of fused-ring (bicyclic) bond motifs is 5. The Bertz CT molecular complexity index is 427. The molecular weight excluding hydrogens is 244 g/mol. The lowest BCUT2D eigenvalue weighted by Crippen LogP contribution is -2.52. The highest BCUT2D eigenvalue weighted by molar-refractivity contribution is 5.79. The molecule has 0 saturated heterocycles. The quantitative estimate of drug-likeness (QED) is 0.608. The van der Waals surface area contributed by atoms with Gasteiger partial charge in [-0.05, 0) is 79.4 Å². The molecule has 0 aromatic carbocycles. The fraction of sp³-hybridized carbons (Fsp3) is 0.947. The summed E-state index contributed by atoms with van der Waals surface area (Å²) in [5.74, 6) is 4.20. The molecule has 0 radical (unpaired) electrons. The van der Waals surface area contributed by atoms with Crippen LogP contribution in [-0.4, -0.2) is 5.78 Å². The van der Waals surface area contributed by atoms with Crippen molar-refractivity contribution >= 4 is 5.78 Å². The van der Waals surface area contributed by atoms with E-state index in [0.717, 1.165) is 36.5 Å². The molecule has 1 nitrogen and oxygen atoms in total. The fourth-order valence-corrected chi connectivity index (χ4v) is 7.04. The zero-order valence-corrected chi connectivity index (χ0v) is 13.3. The van der Waals surface area contributed by atoms with Crippen LogP contribution in [0.25, 0.3) is 0 Å². The van der Waals surface area contributed by atoms with Crippen LogP contribution in [0.2, 0.25) is 0 Å². The van der Waals surface area contributed by atoms with Crippen molar-refractivity contribution in [2.45, 2.75) is 78.1 Å². The van der Waals surface area contributed by atoms with Crippen LogP contribution in [0.5, 0.6) is 0 Å². The summed E-state index contributed by atoms with van der Waals surface area (Å²) in [6.07, 6.45) is 13.1. The maximum atomic E-state index is 11.9. The van der Waals surface area contributed by atoms with Gasteiger partial charge in [-0.2, -0.15) is 0 Å². The number of rotatable bonds is 0. The second kappa shape index (κ2) is 4.34. The van der Waals surface area contributed by atoms with Gasteiger partial charge in [-0.3, -0.25) is 4.79 Å². The number of carbonyl (C=O) groups excluding carboxylic acids is 1. The molecule has 0 amide bonds. The maximum absolute atomic E-state index is 11.9. The summed E-state index contributed by atoms with van der Waals surface area (Å²) in [5, 5.41) is 0. The fourth-order valence-electron chi connectivity index (χ4n) is 7.04. The molecule has 4 fully saturated rings. The zero-order chi connectivity index (χ0) is 14.0. The second-order valence-electron chi connectivity index (χ2n) is 8.98. The van der Waals surface area contributed by atoms with Crippen molar-refractivity contribution in [3.05, 3.63) is 0 Å². The predicted octanol–water partition coefficient (Wildman–Crippen LogP) is 4.99. The number of Topliss-reactive ketones (excluding diaryl/α,β-unsaturated/α-hetero) is 1. The molecule has 3 unspecified atom stereocenters. The Morgan fingerprint density at radius 2 is 1.80 bits per heavy atom. The van der Waals surface area contributed by atoms with Gasteiger partial charge in [0.2, 0.25) is 0 Å². The van der Waals surface area contributed by atoms with Gasteiger partial charge in [-0.25, -0.2) is 0 Å². The summed E-state index contributed by atoms with van der Waals surface area (Å²) in [6.45, 7) is 5.14. The lowest BCUT2D eigenvalue weighted by atomic mass is 9.45. The first-order chi connectivity index (χ1) is 9.53. The molecule has 4 saturated carbocycles. The van der Waals surface area contributed by atoms with Crippen molar-refractivity contribution in [2.24, 2.45) is 34.5 Å². The molecule has 0 aliphatic heterocycles. The molecule has 0 aromatic rings. The molecule has 0 spiro atoms. The van der Waals surface area contributed by atoms with Gasteiger partial charge in [0.05, 0.1) is 0 Å². The van der Waals surface area contributed by atoms with Gasteiger partial charge in [0.15, 0.2) is 0 Å². The molecule has 112 valence electrons. The summed E-state index contributed by atoms with van der Waals surface area (Å²) in [4.78, 5) is 11.9. The van der Waals surface area contributed by atoms with E-state index in [1.165, 1.54) is 51.4 Å². The molecule has 1 heteroatoms. The number of ketones is 1. The van der Waals surface area contributed by atoms with Crippen LogP contribution in [-0.2, 0) is 4.79 Å². The zero-order valence-electron chi connectivity index (χ0n) is 13.3. The SMILES string of the molecule is CC12CCC[C@H]1C1CC[C@H]3CC(=O)CCC3(C)[C@H]1CC2. The third-order valence-corrected chi connectivity index (χ3v) is 8.26. The van der Waals surface area contributed by atoms with Crippen LogP contribution >= 0.6 is 0 Å². The van der Waals surface area contributed by atoms with E-state index >= 15 is 0 Å². The highest BCUT2D eigenvalue weighted by Crippen LogP contribution is 2.65. The average Bonchev–Trinajstić information content (AvgIpc) is 2.81. The minimum absolute atomic E-state index is 0.501. The van der Waals surface area contributed by atoms with Crippen molar-refractivity contribution in [1.82, 2.24) is 0 Å². The van der Waals surface area contributed by atoms with Crippen LogP contribution in [0.15, 0.2) is 0 Å². The lowest BCUT2D eigenvalue weighted by Gasteiger charge is -2.59. The van der Waals surface area contributed by atoms with E-state index in [1.54, 1.807) is 0 Å². The van der Waals surface area contributed by atoms with Gasteiger partial charge >= 0.3 is 0 Å². The van der Waals surface area contributed by atoms with Crippen LogP contribution in [0.4, 0.5) is 0 Å². The van der Waals surface area contributed by atoms with Crippen molar-refractivity contribution in [1.29, 1.82) is 0 Å². The third-order valence-electron chi connectivity index (χ3n) is 8.26. The van der Waals surface area contributed by atoms with Gasteiger partial charge < -0.3 is 0 Å². The Labute approximate surface area is 123 Å². The van der Waals surface area contributed by atoms with Gasteiger partial charge in [0.1, 0.15) is 5.78 Å². The smallest absolute Gasteiger partial charge is 0.133 e. The normalized spacial score (nSPS) is 55.0. The standard InChI is InChI=1S/C19H30O/c1-18-9-3-4-16(18)15-6-5-13-12-14(20)7-11-19(13,2)17(15)8-10-18/h13,15-17H,3-12H2,1-2H3/t13-,15?,16-,17-,18?,19?/m0/s1. The Kier molecular flexibility index (Phi) is 2.89. The lowest BCUT2D eigenvalue weighted by molar-refractivity contribution is -0.137. The van der Waals surface area contributed by atoms with E-state index in [9.17, 15) is 4.79 Å². The van der Waals surface area contributed by atoms with Crippen LogP contribution in [0.3, 0.4) is 0 Å². The van der Waals surface area contributed by atoms with E-state index < -0.39 is 0 Å². The summed E-state index contributed by atoms with van der Waals surface area (Å²) in [5.41, 5.74) is 1.18. The Morgan fingerprint density at radius 1 is 0.950 bits per heavy atom.